The Morgan fingerprint density at radius 1 is 1.46 bits per heavy atom. The molecule has 0 spiro atoms. The van der Waals surface area contributed by atoms with E-state index < -0.39 is 22.8 Å². The number of hydrogen-bond donors (Lipinski definition) is 2. The van der Waals surface area contributed by atoms with Gasteiger partial charge in [0.1, 0.15) is 11.4 Å². The lowest BCUT2D eigenvalue weighted by atomic mass is 10.1. The zero-order valence-corrected chi connectivity index (χ0v) is 13.4. The summed E-state index contributed by atoms with van der Waals surface area (Å²) in [5.74, 6) is -0.977. The molecule has 2 aromatic heterocycles. The third-order valence-electron chi connectivity index (χ3n) is 3.83. The summed E-state index contributed by atoms with van der Waals surface area (Å²) in [4.78, 5) is 33.0. The Morgan fingerprint density at radius 2 is 2.25 bits per heavy atom. The highest BCUT2D eigenvalue weighted by Gasteiger charge is 2.34. The molecule has 0 radical (unpaired) electrons. The number of nitrogens with zero attached hydrogens (tertiary/aromatic N) is 3. The van der Waals surface area contributed by atoms with Gasteiger partial charge < -0.3 is 15.2 Å². The first-order valence-electron chi connectivity index (χ1n) is 7.56. The number of fused-ring (bicyclic) bond motifs is 1. The molecule has 0 aliphatic carbocycles. The van der Waals surface area contributed by atoms with Gasteiger partial charge in [0, 0.05) is 6.20 Å². The van der Waals surface area contributed by atoms with Crippen molar-refractivity contribution in [1.82, 2.24) is 19.9 Å². The fourth-order valence-corrected chi connectivity index (χ4v) is 2.58. The van der Waals surface area contributed by atoms with Crippen molar-refractivity contribution >= 4 is 5.91 Å². The van der Waals surface area contributed by atoms with Crippen molar-refractivity contribution < 1.29 is 14.6 Å². The summed E-state index contributed by atoms with van der Waals surface area (Å²) in [6.07, 6.45) is 1.61. The Kier molecular flexibility index (Phi) is 4.06. The highest BCUT2D eigenvalue weighted by molar-refractivity contribution is 5.94. The number of hydrogen-bond acceptors (Lipinski definition) is 6. The fraction of sp³-hybridized carbons (Fsp3) is 0.375. The van der Waals surface area contributed by atoms with Gasteiger partial charge in [0.05, 0.1) is 25.4 Å². The first kappa shape index (κ1) is 16.1. The Bertz CT molecular complexity index is 830. The van der Waals surface area contributed by atoms with Crippen molar-refractivity contribution in [2.45, 2.75) is 32.5 Å². The molecule has 0 unspecified atom stereocenters. The topological polar surface area (TPSA) is 106 Å². The van der Waals surface area contributed by atoms with Crippen LogP contribution in [0.25, 0.3) is 0 Å². The summed E-state index contributed by atoms with van der Waals surface area (Å²) in [7, 11) is 0. The second kappa shape index (κ2) is 6.04. The highest BCUT2D eigenvalue weighted by atomic mass is 16.5. The van der Waals surface area contributed by atoms with Gasteiger partial charge in [0.25, 0.3) is 11.5 Å². The molecule has 0 saturated carbocycles. The number of carbonyl (C=O) groups is 1. The van der Waals surface area contributed by atoms with Crippen LogP contribution in [0.15, 0.2) is 29.2 Å². The Morgan fingerprint density at radius 3 is 2.96 bits per heavy atom. The minimum atomic E-state index is -0.818. The van der Waals surface area contributed by atoms with Crippen LogP contribution in [0.3, 0.4) is 0 Å². The van der Waals surface area contributed by atoms with Crippen molar-refractivity contribution in [1.29, 1.82) is 0 Å². The maximum Gasteiger partial charge on any atom is 0.296 e. The average molecular weight is 330 g/mol. The summed E-state index contributed by atoms with van der Waals surface area (Å²) in [5, 5.41) is 12.7. The molecule has 126 valence electrons. The Hall–Kier alpha value is -2.74. The predicted molar refractivity (Wildman–Crippen MR) is 84.5 cm³/mol. The fourth-order valence-electron chi connectivity index (χ4n) is 2.58. The number of aromatic nitrogens is 3. The van der Waals surface area contributed by atoms with E-state index in [9.17, 15) is 14.7 Å². The van der Waals surface area contributed by atoms with E-state index >= 15 is 0 Å². The first-order valence-corrected chi connectivity index (χ1v) is 7.56. The SMILES string of the molecule is CC1(C)OCCn2c1nc(C(=O)NCc1ccccn1)c(O)c2=O. The van der Waals surface area contributed by atoms with Crippen LogP contribution < -0.4 is 10.9 Å². The van der Waals surface area contributed by atoms with Gasteiger partial charge >= 0.3 is 0 Å². The van der Waals surface area contributed by atoms with Crippen LogP contribution in [0.5, 0.6) is 5.75 Å². The van der Waals surface area contributed by atoms with Crippen molar-refractivity contribution in [3.05, 3.63) is 52.0 Å². The summed E-state index contributed by atoms with van der Waals surface area (Å²) in [6, 6.07) is 5.33. The third-order valence-corrected chi connectivity index (χ3v) is 3.83. The molecule has 0 atom stereocenters. The van der Waals surface area contributed by atoms with Gasteiger partial charge in [-0.2, -0.15) is 0 Å². The first-order chi connectivity index (χ1) is 11.4. The van der Waals surface area contributed by atoms with Gasteiger partial charge in [-0.25, -0.2) is 4.98 Å². The molecule has 2 aromatic rings. The molecule has 2 N–H and O–H groups in total. The molecule has 1 amide bonds. The number of rotatable bonds is 3. The van der Waals surface area contributed by atoms with Crippen LogP contribution in [-0.2, 0) is 23.4 Å². The molecule has 24 heavy (non-hydrogen) atoms. The molecular weight excluding hydrogens is 312 g/mol. The molecule has 1 aliphatic heterocycles. The summed E-state index contributed by atoms with van der Waals surface area (Å²) >= 11 is 0. The Balaban J connectivity index is 1.92. The lowest BCUT2D eigenvalue weighted by Crippen LogP contribution is -2.42. The van der Waals surface area contributed by atoms with Crippen LogP contribution in [-0.4, -0.2) is 32.2 Å². The zero-order chi connectivity index (χ0) is 17.3. The minimum Gasteiger partial charge on any atom is -0.501 e. The van der Waals surface area contributed by atoms with Crippen LogP contribution in [0, 0.1) is 0 Å². The molecule has 0 fully saturated rings. The number of aromatic hydroxyl groups is 1. The van der Waals surface area contributed by atoms with E-state index in [0.29, 0.717) is 18.1 Å². The van der Waals surface area contributed by atoms with Crippen molar-refractivity contribution in [2.24, 2.45) is 0 Å². The van der Waals surface area contributed by atoms with Crippen molar-refractivity contribution in [3.8, 4) is 5.75 Å². The van der Waals surface area contributed by atoms with E-state index in [4.69, 9.17) is 4.74 Å². The van der Waals surface area contributed by atoms with E-state index in [1.165, 1.54) is 4.57 Å². The van der Waals surface area contributed by atoms with E-state index in [0.717, 1.165) is 0 Å². The molecule has 0 aromatic carbocycles. The molecular formula is C16H18N4O4. The second-order valence-corrected chi connectivity index (χ2v) is 5.95. The molecule has 8 nitrogen and oxygen atoms in total. The van der Waals surface area contributed by atoms with E-state index in [1.807, 2.05) is 0 Å². The standard InChI is InChI=1S/C16H18N4O4/c1-16(2)15-19-11(12(21)14(23)20(15)7-8-24-16)13(22)18-9-10-5-3-4-6-17-10/h3-6,21H,7-9H2,1-2H3,(H,18,22). The van der Waals surface area contributed by atoms with Crippen molar-refractivity contribution in [3.63, 3.8) is 0 Å². The lowest BCUT2D eigenvalue weighted by molar-refractivity contribution is -0.0566. The predicted octanol–water partition coefficient (Wildman–Crippen LogP) is 0.539. The van der Waals surface area contributed by atoms with E-state index in [-0.39, 0.29) is 18.8 Å². The summed E-state index contributed by atoms with van der Waals surface area (Å²) < 4.78 is 6.95. The molecule has 0 saturated heterocycles. The highest BCUT2D eigenvalue weighted by Crippen LogP contribution is 2.27. The van der Waals surface area contributed by atoms with Gasteiger partial charge in [0.15, 0.2) is 5.69 Å². The maximum absolute atomic E-state index is 12.3. The molecule has 3 heterocycles. The van der Waals surface area contributed by atoms with Gasteiger partial charge in [-0.3, -0.25) is 19.1 Å². The number of carbonyl (C=O) groups excluding carboxylic acids is 1. The van der Waals surface area contributed by atoms with E-state index in [1.54, 1.807) is 38.2 Å². The van der Waals surface area contributed by atoms with Crippen molar-refractivity contribution in [2.75, 3.05) is 6.61 Å². The monoisotopic (exact) mass is 330 g/mol. The second-order valence-electron chi connectivity index (χ2n) is 5.95. The zero-order valence-electron chi connectivity index (χ0n) is 13.4. The summed E-state index contributed by atoms with van der Waals surface area (Å²) in [6.45, 7) is 4.31. The number of amides is 1. The van der Waals surface area contributed by atoms with Gasteiger partial charge in [-0.15, -0.1) is 0 Å². The van der Waals surface area contributed by atoms with Crippen LogP contribution in [0.2, 0.25) is 0 Å². The van der Waals surface area contributed by atoms with Crippen LogP contribution >= 0.6 is 0 Å². The van der Waals surface area contributed by atoms with Crippen LogP contribution in [0.1, 0.15) is 35.9 Å². The molecule has 0 bridgehead atoms. The summed E-state index contributed by atoms with van der Waals surface area (Å²) in [5.41, 5.74) is -1.11. The van der Waals surface area contributed by atoms with E-state index in [2.05, 4.69) is 15.3 Å². The molecule has 1 aliphatic rings. The van der Waals surface area contributed by atoms with Crippen LogP contribution in [0.4, 0.5) is 0 Å². The quantitative estimate of drug-likeness (QED) is 0.851. The Labute approximate surface area is 138 Å². The normalized spacial score (nSPS) is 15.6. The number of pyridine rings is 1. The van der Waals surface area contributed by atoms with Gasteiger partial charge in [0.2, 0.25) is 5.75 Å². The largest absolute Gasteiger partial charge is 0.501 e. The van der Waals surface area contributed by atoms with Gasteiger partial charge in [-0.1, -0.05) is 6.07 Å². The van der Waals surface area contributed by atoms with Gasteiger partial charge in [-0.05, 0) is 26.0 Å². The third kappa shape index (κ3) is 2.88. The maximum atomic E-state index is 12.3. The number of nitrogens with one attached hydrogen (secondary N) is 1. The smallest absolute Gasteiger partial charge is 0.296 e. The minimum absolute atomic E-state index is 0.166. The molecule has 8 heteroatoms. The average Bonchev–Trinajstić information content (AvgIpc) is 2.57. The number of ether oxygens (including phenoxy) is 1. The lowest BCUT2D eigenvalue weighted by Gasteiger charge is -2.32. The molecule has 3 rings (SSSR count).